The summed E-state index contributed by atoms with van der Waals surface area (Å²) in [6.07, 6.45) is 1.68. The van der Waals surface area contributed by atoms with Crippen molar-refractivity contribution in [2.45, 2.75) is 26.8 Å². The molecule has 0 fully saturated rings. The number of hydrogen-bond acceptors (Lipinski definition) is 3. The third-order valence-corrected chi connectivity index (χ3v) is 3.11. The molecule has 0 radical (unpaired) electrons. The Bertz CT molecular complexity index is 549. The van der Waals surface area contributed by atoms with Crippen molar-refractivity contribution >= 4 is 11.5 Å². The van der Waals surface area contributed by atoms with Crippen LogP contribution in [0.15, 0.2) is 36.5 Å². The van der Waals surface area contributed by atoms with Crippen LogP contribution in [0.4, 0.5) is 11.5 Å². The zero-order valence-corrected chi connectivity index (χ0v) is 11.1. The van der Waals surface area contributed by atoms with Gasteiger partial charge in [-0.15, -0.1) is 0 Å². The topological polar surface area (TPSA) is 50.9 Å². The summed E-state index contributed by atoms with van der Waals surface area (Å²) in [5.41, 5.74) is 10.0. The van der Waals surface area contributed by atoms with Crippen LogP contribution >= 0.6 is 0 Å². The maximum absolute atomic E-state index is 5.70. The van der Waals surface area contributed by atoms with Crippen LogP contribution in [0.3, 0.4) is 0 Å². The number of nitrogens with zero attached hydrogens (tertiary/aromatic N) is 1. The molecule has 2 rings (SSSR count). The largest absolute Gasteiger partial charge is 0.397 e. The number of aryl methyl sites for hydroxylation is 2. The molecule has 18 heavy (non-hydrogen) atoms. The van der Waals surface area contributed by atoms with Gasteiger partial charge in [0.2, 0.25) is 0 Å². The van der Waals surface area contributed by atoms with E-state index in [2.05, 4.69) is 48.4 Å². The minimum Gasteiger partial charge on any atom is -0.397 e. The van der Waals surface area contributed by atoms with Crippen LogP contribution in [0, 0.1) is 13.8 Å². The molecular formula is C15H19N3. The standard InChI is InChI=1S/C15H19N3/c1-10-6-4-5-7-14(10)12(3)18-15-11(2)8-13(16)9-17-15/h4-9,12H,16H2,1-3H3,(H,17,18). The first-order valence-corrected chi connectivity index (χ1v) is 6.12. The molecule has 2 aromatic rings. The van der Waals surface area contributed by atoms with Gasteiger partial charge < -0.3 is 11.1 Å². The fraction of sp³-hybridized carbons (Fsp3) is 0.267. The van der Waals surface area contributed by atoms with Crippen molar-refractivity contribution in [2.24, 2.45) is 0 Å². The zero-order chi connectivity index (χ0) is 13.1. The number of nitrogens with one attached hydrogen (secondary N) is 1. The molecule has 0 aliphatic heterocycles. The molecular weight excluding hydrogens is 222 g/mol. The van der Waals surface area contributed by atoms with E-state index in [1.807, 2.05) is 13.0 Å². The van der Waals surface area contributed by atoms with E-state index < -0.39 is 0 Å². The number of rotatable bonds is 3. The molecule has 1 atom stereocenters. The van der Waals surface area contributed by atoms with Crippen LogP contribution in [0.2, 0.25) is 0 Å². The van der Waals surface area contributed by atoms with Gasteiger partial charge in [0.1, 0.15) is 5.82 Å². The Labute approximate surface area is 108 Å². The maximum atomic E-state index is 5.70. The summed E-state index contributed by atoms with van der Waals surface area (Å²) < 4.78 is 0. The normalized spacial score (nSPS) is 12.2. The van der Waals surface area contributed by atoms with Crippen LogP contribution in [-0.2, 0) is 0 Å². The molecule has 94 valence electrons. The number of nitrogens with two attached hydrogens (primary N) is 1. The van der Waals surface area contributed by atoms with E-state index in [9.17, 15) is 0 Å². The predicted octanol–water partition coefficient (Wildman–Crippen LogP) is 3.45. The van der Waals surface area contributed by atoms with Crippen molar-refractivity contribution in [3.8, 4) is 0 Å². The Kier molecular flexibility index (Phi) is 3.51. The first kappa shape index (κ1) is 12.4. The van der Waals surface area contributed by atoms with Crippen LogP contribution in [-0.4, -0.2) is 4.98 Å². The van der Waals surface area contributed by atoms with Crippen LogP contribution in [0.25, 0.3) is 0 Å². The minimum atomic E-state index is 0.223. The summed E-state index contributed by atoms with van der Waals surface area (Å²) in [4.78, 5) is 4.34. The van der Waals surface area contributed by atoms with Gasteiger partial charge in [-0.05, 0) is 43.5 Å². The molecule has 3 heteroatoms. The van der Waals surface area contributed by atoms with Gasteiger partial charge in [0.25, 0.3) is 0 Å². The molecule has 1 heterocycles. The molecule has 1 aromatic carbocycles. The van der Waals surface area contributed by atoms with Crippen LogP contribution in [0.5, 0.6) is 0 Å². The van der Waals surface area contributed by atoms with Crippen molar-refractivity contribution < 1.29 is 0 Å². The second kappa shape index (κ2) is 5.08. The summed E-state index contributed by atoms with van der Waals surface area (Å²) in [7, 11) is 0. The van der Waals surface area contributed by atoms with E-state index in [4.69, 9.17) is 5.73 Å². The van der Waals surface area contributed by atoms with Gasteiger partial charge >= 0.3 is 0 Å². The van der Waals surface area contributed by atoms with Crippen molar-refractivity contribution in [1.82, 2.24) is 4.98 Å². The SMILES string of the molecule is Cc1ccccc1C(C)Nc1ncc(N)cc1C. The highest BCUT2D eigenvalue weighted by molar-refractivity contribution is 5.52. The fourth-order valence-corrected chi connectivity index (χ4v) is 2.10. The van der Waals surface area contributed by atoms with Gasteiger partial charge in [-0.2, -0.15) is 0 Å². The lowest BCUT2D eigenvalue weighted by molar-refractivity contribution is 0.862. The Morgan fingerprint density at radius 2 is 1.89 bits per heavy atom. The van der Waals surface area contributed by atoms with Crippen LogP contribution in [0.1, 0.15) is 29.7 Å². The van der Waals surface area contributed by atoms with Crippen molar-refractivity contribution in [2.75, 3.05) is 11.1 Å². The number of hydrogen-bond donors (Lipinski definition) is 2. The number of anilines is 2. The summed E-state index contributed by atoms with van der Waals surface area (Å²) in [6, 6.07) is 10.5. The highest BCUT2D eigenvalue weighted by atomic mass is 15.0. The average Bonchev–Trinajstić information content (AvgIpc) is 2.33. The maximum Gasteiger partial charge on any atom is 0.129 e. The highest BCUT2D eigenvalue weighted by Crippen LogP contribution is 2.23. The van der Waals surface area contributed by atoms with Gasteiger partial charge in [-0.3, -0.25) is 0 Å². The summed E-state index contributed by atoms with van der Waals surface area (Å²) in [5, 5.41) is 3.43. The average molecular weight is 241 g/mol. The Morgan fingerprint density at radius 1 is 1.17 bits per heavy atom. The van der Waals surface area contributed by atoms with Gasteiger partial charge in [0, 0.05) is 0 Å². The summed E-state index contributed by atoms with van der Waals surface area (Å²) >= 11 is 0. The second-order valence-electron chi connectivity index (χ2n) is 4.66. The predicted molar refractivity (Wildman–Crippen MR) is 76.6 cm³/mol. The Balaban J connectivity index is 2.21. The third kappa shape index (κ3) is 2.62. The molecule has 0 saturated carbocycles. The number of benzene rings is 1. The van der Waals surface area contributed by atoms with E-state index in [1.54, 1.807) is 6.20 Å². The lowest BCUT2D eigenvalue weighted by Gasteiger charge is -2.18. The van der Waals surface area contributed by atoms with Crippen molar-refractivity contribution in [3.63, 3.8) is 0 Å². The lowest BCUT2D eigenvalue weighted by Crippen LogP contribution is -2.10. The monoisotopic (exact) mass is 241 g/mol. The molecule has 1 unspecified atom stereocenters. The Hall–Kier alpha value is -2.03. The van der Waals surface area contributed by atoms with E-state index in [0.717, 1.165) is 11.4 Å². The first-order chi connectivity index (χ1) is 8.58. The molecule has 0 saturated heterocycles. The van der Waals surface area contributed by atoms with E-state index in [0.29, 0.717) is 5.69 Å². The van der Waals surface area contributed by atoms with E-state index in [1.165, 1.54) is 11.1 Å². The van der Waals surface area contributed by atoms with E-state index >= 15 is 0 Å². The van der Waals surface area contributed by atoms with Gasteiger partial charge in [-0.25, -0.2) is 4.98 Å². The van der Waals surface area contributed by atoms with Gasteiger partial charge in [0.05, 0.1) is 17.9 Å². The molecule has 1 aromatic heterocycles. The summed E-state index contributed by atoms with van der Waals surface area (Å²) in [6.45, 7) is 6.27. The van der Waals surface area contributed by atoms with E-state index in [-0.39, 0.29) is 6.04 Å². The van der Waals surface area contributed by atoms with Crippen molar-refractivity contribution in [3.05, 3.63) is 53.2 Å². The molecule has 0 aliphatic carbocycles. The second-order valence-corrected chi connectivity index (χ2v) is 4.66. The summed E-state index contributed by atoms with van der Waals surface area (Å²) in [5.74, 6) is 0.889. The quantitative estimate of drug-likeness (QED) is 0.865. The number of pyridine rings is 1. The molecule has 0 bridgehead atoms. The van der Waals surface area contributed by atoms with Crippen molar-refractivity contribution in [1.29, 1.82) is 0 Å². The van der Waals surface area contributed by atoms with Gasteiger partial charge in [-0.1, -0.05) is 24.3 Å². The molecule has 3 N–H and O–H groups in total. The Morgan fingerprint density at radius 3 is 2.56 bits per heavy atom. The smallest absolute Gasteiger partial charge is 0.129 e. The minimum absolute atomic E-state index is 0.223. The first-order valence-electron chi connectivity index (χ1n) is 6.12. The number of nitrogen functional groups attached to an aromatic ring is 1. The molecule has 0 aliphatic rings. The van der Waals surface area contributed by atoms with Gasteiger partial charge in [0.15, 0.2) is 0 Å². The molecule has 0 spiro atoms. The molecule has 3 nitrogen and oxygen atoms in total. The highest BCUT2D eigenvalue weighted by Gasteiger charge is 2.09. The lowest BCUT2D eigenvalue weighted by atomic mass is 10.0. The van der Waals surface area contributed by atoms with Crippen LogP contribution < -0.4 is 11.1 Å². The third-order valence-electron chi connectivity index (χ3n) is 3.11. The number of aromatic nitrogens is 1. The zero-order valence-electron chi connectivity index (χ0n) is 11.1. The molecule has 0 amide bonds. The fourth-order valence-electron chi connectivity index (χ4n) is 2.10.